The third kappa shape index (κ3) is 3.50. The number of hydrogen-bond acceptors (Lipinski definition) is 6. The van der Waals surface area contributed by atoms with E-state index >= 15 is 0 Å². The molecule has 8 nitrogen and oxygen atoms in total. The number of amides is 1. The van der Waals surface area contributed by atoms with Gasteiger partial charge < -0.3 is 4.74 Å². The molecule has 1 aliphatic rings. The Morgan fingerprint density at radius 1 is 1.24 bits per heavy atom. The van der Waals surface area contributed by atoms with E-state index in [4.69, 9.17) is 16.3 Å². The summed E-state index contributed by atoms with van der Waals surface area (Å²) in [4.78, 5) is 27.1. The van der Waals surface area contributed by atoms with Crippen molar-refractivity contribution in [1.29, 1.82) is 0 Å². The van der Waals surface area contributed by atoms with Crippen LogP contribution in [0.25, 0.3) is 10.9 Å². The van der Waals surface area contributed by atoms with Crippen LogP contribution in [0.3, 0.4) is 0 Å². The van der Waals surface area contributed by atoms with Crippen LogP contribution in [0.2, 0.25) is 5.15 Å². The summed E-state index contributed by atoms with van der Waals surface area (Å²) in [7, 11) is 0. The predicted octanol–water partition coefficient (Wildman–Crippen LogP) is 4.34. The summed E-state index contributed by atoms with van der Waals surface area (Å²) < 4.78 is 5.90. The molecule has 2 aromatic carbocycles. The van der Waals surface area contributed by atoms with E-state index in [0.29, 0.717) is 11.1 Å². The Kier molecular flexibility index (Phi) is 4.63. The van der Waals surface area contributed by atoms with Crippen molar-refractivity contribution in [2.45, 2.75) is 20.1 Å². The number of pyridine rings is 1. The smallest absolute Gasteiger partial charge is 0.270 e. The number of fused-ring (bicyclic) bond motifs is 1. The van der Waals surface area contributed by atoms with E-state index in [2.05, 4.69) is 10.1 Å². The average Bonchev–Trinajstić information content (AvgIpc) is 3.13. The Morgan fingerprint density at radius 2 is 2.03 bits per heavy atom. The molecule has 0 spiro atoms. The van der Waals surface area contributed by atoms with Gasteiger partial charge in [-0.1, -0.05) is 29.8 Å². The fourth-order valence-corrected chi connectivity index (χ4v) is 3.32. The molecular formula is C20H15ClN4O4. The molecule has 0 aliphatic carbocycles. The summed E-state index contributed by atoms with van der Waals surface area (Å²) in [6.07, 6.45) is -0.924. The number of rotatable bonds is 3. The first-order chi connectivity index (χ1) is 13.8. The molecule has 1 amide bonds. The maximum atomic E-state index is 12.2. The summed E-state index contributed by atoms with van der Waals surface area (Å²) in [6, 6.07) is 13.4. The van der Waals surface area contributed by atoms with Gasteiger partial charge in [-0.3, -0.25) is 14.9 Å². The standard InChI is InChI=1S/C20H15ClN4O4/c1-11-6-7-13-10-16(18(21)22-17(13)8-11)20-24(12(2)26)23-19(29-20)14-4-3-5-15(9-14)25(27)28/h3-10,20H,1-2H3/t20-/m0/s1. The molecule has 0 radical (unpaired) electrons. The van der Waals surface area contributed by atoms with Crippen molar-refractivity contribution in [3.63, 3.8) is 0 Å². The van der Waals surface area contributed by atoms with Gasteiger partial charge in [-0.25, -0.2) is 4.98 Å². The van der Waals surface area contributed by atoms with Gasteiger partial charge in [0.2, 0.25) is 18.0 Å². The monoisotopic (exact) mass is 410 g/mol. The highest BCUT2D eigenvalue weighted by atomic mass is 35.5. The molecule has 0 bridgehead atoms. The summed E-state index contributed by atoms with van der Waals surface area (Å²) >= 11 is 6.40. The van der Waals surface area contributed by atoms with Gasteiger partial charge in [0.05, 0.1) is 16.0 Å². The summed E-state index contributed by atoms with van der Waals surface area (Å²) in [5, 5.41) is 17.5. The minimum atomic E-state index is -0.924. The number of halogens is 1. The third-order valence-electron chi connectivity index (χ3n) is 4.49. The molecule has 0 saturated carbocycles. The fourth-order valence-electron chi connectivity index (χ4n) is 3.08. The molecule has 0 unspecified atom stereocenters. The van der Waals surface area contributed by atoms with Crippen molar-refractivity contribution < 1.29 is 14.5 Å². The minimum absolute atomic E-state index is 0.0916. The van der Waals surface area contributed by atoms with Crippen molar-refractivity contribution in [2.75, 3.05) is 0 Å². The van der Waals surface area contributed by atoms with E-state index < -0.39 is 11.2 Å². The highest BCUT2D eigenvalue weighted by molar-refractivity contribution is 6.30. The zero-order chi connectivity index (χ0) is 20.7. The van der Waals surface area contributed by atoms with Crippen LogP contribution in [0.1, 0.15) is 29.8 Å². The number of aryl methyl sites for hydroxylation is 1. The number of hydrazone groups is 1. The van der Waals surface area contributed by atoms with E-state index in [0.717, 1.165) is 21.5 Å². The number of nitro benzene ring substituents is 1. The van der Waals surface area contributed by atoms with Crippen LogP contribution in [-0.2, 0) is 9.53 Å². The van der Waals surface area contributed by atoms with Crippen LogP contribution in [0.5, 0.6) is 0 Å². The lowest BCUT2D eigenvalue weighted by molar-refractivity contribution is -0.384. The molecule has 0 fully saturated rings. The Hall–Kier alpha value is -3.52. The lowest BCUT2D eigenvalue weighted by Crippen LogP contribution is -2.25. The Balaban J connectivity index is 1.75. The number of aromatic nitrogens is 1. The minimum Gasteiger partial charge on any atom is -0.446 e. The van der Waals surface area contributed by atoms with Crippen molar-refractivity contribution in [3.05, 3.63) is 80.5 Å². The van der Waals surface area contributed by atoms with Gasteiger partial charge in [-0.05, 0) is 30.7 Å². The van der Waals surface area contributed by atoms with E-state index in [1.165, 1.54) is 25.1 Å². The molecule has 2 heterocycles. The zero-order valence-corrected chi connectivity index (χ0v) is 16.3. The molecular weight excluding hydrogens is 396 g/mol. The van der Waals surface area contributed by atoms with E-state index in [1.54, 1.807) is 12.1 Å². The number of nitro groups is 1. The zero-order valence-electron chi connectivity index (χ0n) is 15.5. The highest BCUT2D eigenvalue weighted by Gasteiger charge is 2.35. The molecule has 1 atom stereocenters. The van der Waals surface area contributed by atoms with Gasteiger partial charge >= 0.3 is 0 Å². The molecule has 0 N–H and O–H groups in total. The maximum Gasteiger partial charge on any atom is 0.270 e. The topological polar surface area (TPSA) is 97.9 Å². The maximum absolute atomic E-state index is 12.2. The number of hydrogen-bond donors (Lipinski definition) is 0. The van der Waals surface area contributed by atoms with Gasteiger partial charge in [0.25, 0.3) is 5.69 Å². The lowest BCUT2D eigenvalue weighted by atomic mass is 10.1. The van der Waals surface area contributed by atoms with E-state index in [1.807, 2.05) is 25.1 Å². The number of carbonyl (C=O) groups excluding carboxylic acids is 1. The van der Waals surface area contributed by atoms with Crippen LogP contribution in [0.4, 0.5) is 5.69 Å². The van der Waals surface area contributed by atoms with Gasteiger partial charge in [0.1, 0.15) is 5.15 Å². The molecule has 1 aromatic heterocycles. The molecule has 1 aliphatic heterocycles. The van der Waals surface area contributed by atoms with Crippen molar-refractivity contribution in [1.82, 2.24) is 9.99 Å². The third-order valence-corrected chi connectivity index (χ3v) is 4.79. The van der Waals surface area contributed by atoms with Crippen LogP contribution >= 0.6 is 11.6 Å². The normalized spacial score (nSPS) is 15.9. The fraction of sp³-hybridized carbons (Fsp3) is 0.150. The van der Waals surface area contributed by atoms with E-state index in [-0.39, 0.29) is 22.6 Å². The molecule has 29 heavy (non-hydrogen) atoms. The number of ether oxygens (including phenoxy) is 1. The van der Waals surface area contributed by atoms with Crippen molar-refractivity contribution in [3.8, 4) is 0 Å². The first kappa shape index (κ1) is 18.8. The second kappa shape index (κ2) is 7.14. The Bertz CT molecular complexity index is 1190. The number of carbonyl (C=O) groups is 1. The van der Waals surface area contributed by atoms with Crippen molar-refractivity contribution in [2.24, 2.45) is 5.10 Å². The second-order valence-electron chi connectivity index (χ2n) is 6.61. The van der Waals surface area contributed by atoms with Crippen LogP contribution < -0.4 is 0 Å². The lowest BCUT2D eigenvalue weighted by Gasteiger charge is -2.20. The summed E-state index contributed by atoms with van der Waals surface area (Å²) in [5.74, 6) is -0.274. The second-order valence-corrected chi connectivity index (χ2v) is 6.97. The number of benzene rings is 2. The number of non-ortho nitro benzene ring substituents is 1. The summed E-state index contributed by atoms with van der Waals surface area (Å²) in [5.41, 5.74) is 2.53. The predicted molar refractivity (Wildman–Crippen MR) is 107 cm³/mol. The first-order valence-electron chi connectivity index (χ1n) is 8.70. The van der Waals surface area contributed by atoms with Gasteiger partial charge in [0, 0.05) is 30.0 Å². The van der Waals surface area contributed by atoms with Crippen LogP contribution in [0, 0.1) is 17.0 Å². The molecule has 9 heteroatoms. The van der Waals surface area contributed by atoms with Crippen LogP contribution in [-0.4, -0.2) is 26.7 Å². The average molecular weight is 411 g/mol. The first-order valence-corrected chi connectivity index (χ1v) is 9.08. The van der Waals surface area contributed by atoms with Crippen molar-refractivity contribution >= 4 is 40.0 Å². The van der Waals surface area contributed by atoms with E-state index in [9.17, 15) is 14.9 Å². The quantitative estimate of drug-likeness (QED) is 0.363. The van der Waals surface area contributed by atoms with Crippen LogP contribution in [0.15, 0.2) is 53.6 Å². The molecule has 0 saturated heterocycles. The SMILES string of the molecule is CC(=O)N1N=C(c2cccc([N+](=O)[O-])c2)O[C@H]1c1cc2ccc(C)cc2nc1Cl. The number of nitrogens with zero attached hydrogens (tertiary/aromatic N) is 4. The summed E-state index contributed by atoms with van der Waals surface area (Å²) in [6.45, 7) is 3.31. The highest BCUT2D eigenvalue weighted by Crippen LogP contribution is 2.35. The molecule has 3 aromatic rings. The Morgan fingerprint density at radius 3 is 2.76 bits per heavy atom. The molecule has 4 rings (SSSR count). The van der Waals surface area contributed by atoms with Gasteiger partial charge in [-0.2, -0.15) is 5.01 Å². The van der Waals surface area contributed by atoms with Gasteiger partial charge in [0.15, 0.2) is 0 Å². The Labute approximate surface area is 170 Å². The largest absolute Gasteiger partial charge is 0.446 e. The molecule has 146 valence electrons. The van der Waals surface area contributed by atoms with Gasteiger partial charge in [-0.15, -0.1) is 5.10 Å².